The fourth-order valence-corrected chi connectivity index (χ4v) is 5.46. The number of aliphatic hydroxyl groups is 1. The second kappa shape index (κ2) is 9.17. The molecular weight excluding hydrogens is 484 g/mol. The first-order chi connectivity index (χ1) is 16.9. The Hall–Kier alpha value is -3.68. The number of aliphatic hydroxyl groups excluding tert-OH is 1. The first-order valence-electron chi connectivity index (χ1n) is 11.0. The minimum absolute atomic E-state index is 0.0177. The number of thiazole rings is 1. The summed E-state index contributed by atoms with van der Waals surface area (Å²) in [7, 11) is 1.54. The molecule has 5 rings (SSSR count). The van der Waals surface area contributed by atoms with E-state index in [0.717, 1.165) is 22.2 Å². The standard InChI is InChI=1S/C27H21ClN2O4S/c1-3-15-7-12-20-21(13-15)35-27(29-20)30-23(17-5-4-6-18(28)14-17)22(25(32)26(30)33)24(31)16-8-10-19(34-2)11-9-16/h4-14,23,31H,3H2,1-2H3/b24-22+. The van der Waals surface area contributed by atoms with Gasteiger partial charge in [-0.1, -0.05) is 48.1 Å². The number of ether oxygens (including phenoxy) is 1. The van der Waals surface area contributed by atoms with E-state index in [9.17, 15) is 14.7 Å². The van der Waals surface area contributed by atoms with Gasteiger partial charge in [0.05, 0.1) is 28.9 Å². The van der Waals surface area contributed by atoms with Gasteiger partial charge in [0.2, 0.25) is 0 Å². The van der Waals surface area contributed by atoms with Crippen LogP contribution >= 0.6 is 22.9 Å². The number of carbonyl (C=O) groups excluding carboxylic acids is 2. The number of nitrogens with zero attached hydrogens (tertiary/aromatic N) is 2. The van der Waals surface area contributed by atoms with Crippen LogP contribution in [0, 0.1) is 0 Å². The molecule has 176 valence electrons. The van der Waals surface area contributed by atoms with Crippen molar-refractivity contribution in [3.8, 4) is 5.75 Å². The van der Waals surface area contributed by atoms with E-state index >= 15 is 0 Å². The molecule has 1 unspecified atom stereocenters. The molecular formula is C27H21ClN2O4S. The Labute approximate surface area is 211 Å². The van der Waals surface area contributed by atoms with Crippen LogP contribution < -0.4 is 9.64 Å². The zero-order chi connectivity index (χ0) is 24.7. The summed E-state index contributed by atoms with van der Waals surface area (Å²) in [5.74, 6) is -1.20. The number of benzene rings is 3. The Morgan fingerprint density at radius 2 is 1.89 bits per heavy atom. The monoisotopic (exact) mass is 504 g/mol. The number of amides is 1. The average Bonchev–Trinajstić information content (AvgIpc) is 3.41. The number of aryl methyl sites for hydroxylation is 1. The molecule has 1 atom stereocenters. The third-order valence-electron chi connectivity index (χ3n) is 6.03. The van der Waals surface area contributed by atoms with Crippen LogP contribution in [0.15, 0.2) is 72.3 Å². The van der Waals surface area contributed by atoms with E-state index in [1.54, 1.807) is 55.6 Å². The van der Waals surface area contributed by atoms with E-state index < -0.39 is 17.7 Å². The molecule has 1 fully saturated rings. The molecule has 35 heavy (non-hydrogen) atoms. The number of ketones is 1. The van der Waals surface area contributed by atoms with Crippen LogP contribution in [0.1, 0.15) is 29.7 Å². The van der Waals surface area contributed by atoms with Gasteiger partial charge in [0.15, 0.2) is 5.13 Å². The largest absolute Gasteiger partial charge is 0.507 e. The normalized spacial score (nSPS) is 17.3. The van der Waals surface area contributed by atoms with Crippen LogP contribution in [0.5, 0.6) is 5.75 Å². The molecule has 1 saturated heterocycles. The highest BCUT2D eigenvalue weighted by molar-refractivity contribution is 7.22. The SMILES string of the molecule is CCc1ccc2nc(N3C(=O)C(=O)/C(=C(/O)c4ccc(OC)cc4)C3c3cccc(Cl)c3)sc2c1. The molecule has 4 aromatic rings. The Balaban J connectivity index is 1.70. The number of rotatable bonds is 5. The van der Waals surface area contributed by atoms with Gasteiger partial charge in [0.25, 0.3) is 5.78 Å². The number of anilines is 1. The van der Waals surface area contributed by atoms with Gasteiger partial charge in [-0.05, 0) is 66.1 Å². The van der Waals surface area contributed by atoms with E-state index in [2.05, 4.69) is 11.9 Å². The summed E-state index contributed by atoms with van der Waals surface area (Å²) in [6, 6.07) is 18.6. The predicted octanol–water partition coefficient (Wildman–Crippen LogP) is 6.15. The van der Waals surface area contributed by atoms with E-state index in [4.69, 9.17) is 16.3 Å². The Morgan fingerprint density at radius 3 is 2.57 bits per heavy atom. The number of carbonyl (C=O) groups is 2. The van der Waals surface area contributed by atoms with E-state index in [1.807, 2.05) is 18.2 Å². The predicted molar refractivity (Wildman–Crippen MR) is 138 cm³/mol. The van der Waals surface area contributed by atoms with Gasteiger partial charge in [0.1, 0.15) is 11.5 Å². The molecule has 1 amide bonds. The van der Waals surface area contributed by atoms with Crippen molar-refractivity contribution < 1.29 is 19.4 Å². The maximum absolute atomic E-state index is 13.4. The van der Waals surface area contributed by atoms with Crippen LogP contribution in [0.3, 0.4) is 0 Å². The van der Waals surface area contributed by atoms with Crippen molar-refractivity contribution in [1.29, 1.82) is 0 Å². The first kappa shape index (κ1) is 23.1. The molecule has 0 spiro atoms. The van der Waals surface area contributed by atoms with Crippen LogP contribution in [0.25, 0.3) is 16.0 Å². The quantitative estimate of drug-likeness (QED) is 0.200. The summed E-state index contributed by atoms with van der Waals surface area (Å²) in [5.41, 5.74) is 2.87. The summed E-state index contributed by atoms with van der Waals surface area (Å²) < 4.78 is 6.11. The van der Waals surface area contributed by atoms with Crippen molar-refractivity contribution in [1.82, 2.24) is 4.98 Å². The molecule has 1 N–H and O–H groups in total. The van der Waals surface area contributed by atoms with Gasteiger partial charge < -0.3 is 9.84 Å². The van der Waals surface area contributed by atoms with Gasteiger partial charge in [-0.2, -0.15) is 0 Å². The number of halogens is 1. The van der Waals surface area contributed by atoms with Crippen molar-refractivity contribution >= 4 is 55.7 Å². The number of Topliss-reactive ketones (excluding diaryl/α,β-unsaturated/α-hetero) is 1. The lowest BCUT2D eigenvalue weighted by atomic mass is 9.95. The number of fused-ring (bicyclic) bond motifs is 1. The van der Waals surface area contributed by atoms with Crippen LogP contribution in [-0.4, -0.2) is 28.9 Å². The van der Waals surface area contributed by atoms with Crippen molar-refractivity contribution in [3.63, 3.8) is 0 Å². The molecule has 0 saturated carbocycles. The number of methoxy groups -OCH3 is 1. The lowest BCUT2D eigenvalue weighted by Gasteiger charge is -2.23. The smallest absolute Gasteiger partial charge is 0.301 e. The van der Waals surface area contributed by atoms with Gasteiger partial charge in [-0.15, -0.1) is 0 Å². The minimum Gasteiger partial charge on any atom is -0.507 e. The summed E-state index contributed by atoms with van der Waals surface area (Å²) in [5, 5.41) is 12.1. The molecule has 3 aromatic carbocycles. The highest BCUT2D eigenvalue weighted by Gasteiger charge is 2.48. The van der Waals surface area contributed by atoms with Crippen molar-refractivity contribution in [2.45, 2.75) is 19.4 Å². The summed E-state index contributed by atoms with van der Waals surface area (Å²) in [6.07, 6.45) is 0.873. The van der Waals surface area contributed by atoms with E-state index in [1.165, 1.54) is 16.2 Å². The van der Waals surface area contributed by atoms with E-state index in [0.29, 0.717) is 27.0 Å². The van der Waals surface area contributed by atoms with Gasteiger partial charge in [-0.25, -0.2) is 4.98 Å². The lowest BCUT2D eigenvalue weighted by Crippen LogP contribution is -2.29. The lowest BCUT2D eigenvalue weighted by molar-refractivity contribution is -0.132. The fraction of sp³-hybridized carbons (Fsp3) is 0.148. The summed E-state index contributed by atoms with van der Waals surface area (Å²) >= 11 is 7.61. The maximum Gasteiger partial charge on any atom is 0.301 e. The molecule has 2 heterocycles. The molecule has 0 bridgehead atoms. The van der Waals surface area contributed by atoms with Gasteiger partial charge >= 0.3 is 5.91 Å². The number of hydrogen-bond acceptors (Lipinski definition) is 6. The average molecular weight is 505 g/mol. The molecule has 1 aromatic heterocycles. The Kier molecular flexibility index (Phi) is 6.05. The van der Waals surface area contributed by atoms with Crippen molar-refractivity contribution in [3.05, 3.63) is 94.0 Å². The molecule has 0 radical (unpaired) electrons. The van der Waals surface area contributed by atoms with E-state index in [-0.39, 0.29) is 11.3 Å². The van der Waals surface area contributed by atoms with Crippen molar-refractivity contribution in [2.24, 2.45) is 0 Å². The molecule has 6 nitrogen and oxygen atoms in total. The molecule has 8 heteroatoms. The second-order valence-corrected chi connectivity index (χ2v) is 9.55. The highest BCUT2D eigenvalue weighted by Crippen LogP contribution is 2.44. The van der Waals surface area contributed by atoms with Gasteiger partial charge in [0, 0.05) is 10.6 Å². The molecule has 0 aliphatic carbocycles. The van der Waals surface area contributed by atoms with Crippen LogP contribution in [0.2, 0.25) is 5.02 Å². The zero-order valence-electron chi connectivity index (χ0n) is 19.0. The fourth-order valence-electron chi connectivity index (χ4n) is 4.21. The summed E-state index contributed by atoms with van der Waals surface area (Å²) in [6.45, 7) is 2.07. The van der Waals surface area contributed by atoms with Crippen molar-refractivity contribution in [2.75, 3.05) is 12.0 Å². The number of aromatic nitrogens is 1. The summed E-state index contributed by atoms with van der Waals surface area (Å²) in [4.78, 5) is 32.7. The van der Waals surface area contributed by atoms with Crippen LogP contribution in [-0.2, 0) is 16.0 Å². The van der Waals surface area contributed by atoms with Gasteiger partial charge in [-0.3, -0.25) is 14.5 Å². The highest BCUT2D eigenvalue weighted by atomic mass is 35.5. The maximum atomic E-state index is 13.4. The third-order valence-corrected chi connectivity index (χ3v) is 7.28. The third kappa shape index (κ3) is 4.07. The number of hydrogen-bond donors (Lipinski definition) is 1. The molecule has 1 aliphatic rings. The Bertz CT molecular complexity index is 1490. The molecule has 1 aliphatic heterocycles. The topological polar surface area (TPSA) is 79.7 Å². The zero-order valence-corrected chi connectivity index (χ0v) is 20.6. The first-order valence-corrected chi connectivity index (χ1v) is 12.2. The Morgan fingerprint density at radius 1 is 1.11 bits per heavy atom. The minimum atomic E-state index is -0.887. The van der Waals surface area contributed by atoms with Crippen LogP contribution in [0.4, 0.5) is 5.13 Å². The second-order valence-electron chi connectivity index (χ2n) is 8.10.